The van der Waals surface area contributed by atoms with Crippen molar-refractivity contribution in [2.45, 2.75) is 20.0 Å². The van der Waals surface area contributed by atoms with Crippen LogP contribution in [0.1, 0.15) is 6.92 Å². The molecule has 0 rings (SSSR count). The number of rotatable bonds is 3. The molecule has 0 saturated carbocycles. The van der Waals surface area contributed by atoms with E-state index in [0.717, 1.165) is 11.1 Å². The number of halogens is 1. The largest absolute Gasteiger partial charge is 0.130 e. The third-order valence-corrected chi connectivity index (χ3v) is 4.99. The highest BCUT2D eigenvalue weighted by Gasteiger charge is 2.13. The zero-order chi connectivity index (χ0) is 8.20. The summed E-state index contributed by atoms with van der Waals surface area (Å²) in [7, 11) is -1.22. The summed E-state index contributed by atoms with van der Waals surface area (Å²) in [5.41, 5.74) is 4.12. The average molecular weight is 175 g/mol. The van der Waals surface area contributed by atoms with Crippen molar-refractivity contribution in [3.8, 4) is 0 Å². The van der Waals surface area contributed by atoms with E-state index in [4.69, 9.17) is 11.6 Å². The van der Waals surface area contributed by atoms with Crippen molar-refractivity contribution in [1.82, 2.24) is 0 Å². The molecular weight excluding hydrogens is 160 g/mol. The molecule has 0 N–H and O–H groups in total. The van der Waals surface area contributed by atoms with Crippen molar-refractivity contribution in [3.63, 3.8) is 0 Å². The van der Waals surface area contributed by atoms with Crippen molar-refractivity contribution in [2.75, 3.05) is 5.50 Å². The molecule has 0 atom stereocenters. The van der Waals surface area contributed by atoms with E-state index in [1.165, 1.54) is 0 Å². The number of alkyl halides is 1. The van der Waals surface area contributed by atoms with Gasteiger partial charge in [0.15, 0.2) is 0 Å². The van der Waals surface area contributed by atoms with E-state index in [1.807, 2.05) is 6.92 Å². The molecule has 0 aromatic carbocycles. The molecule has 0 fully saturated rings. The van der Waals surface area contributed by atoms with Gasteiger partial charge in [-0.3, -0.25) is 0 Å². The summed E-state index contributed by atoms with van der Waals surface area (Å²) in [5.74, 6) is 0. The van der Waals surface area contributed by atoms with Crippen molar-refractivity contribution < 1.29 is 0 Å². The van der Waals surface area contributed by atoms with Crippen molar-refractivity contribution in [3.05, 3.63) is 23.9 Å². The molecule has 58 valence electrons. The Balaban J connectivity index is 3.99. The lowest BCUT2D eigenvalue weighted by atomic mass is 10.4. The number of hydrogen-bond donors (Lipinski definition) is 0. The van der Waals surface area contributed by atoms with Crippen LogP contribution in [0.4, 0.5) is 0 Å². The molecule has 0 amide bonds. The molecule has 10 heavy (non-hydrogen) atoms. The van der Waals surface area contributed by atoms with E-state index >= 15 is 0 Å². The van der Waals surface area contributed by atoms with Crippen molar-refractivity contribution in [1.29, 1.82) is 0 Å². The molecule has 0 radical (unpaired) electrons. The highest BCUT2D eigenvalue weighted by molar-refractivity contribution is 6.87. The van der Waals surface area contributed by atoms with Gasteiger partial charge in [0.05, 0.1) is 8.07 Å². The average Bonchev–Trinajstić information content (AvgIpc) is 1.85. The second-order valence-electron chi connectivity index (χ2n) is 3.30. The lowest BCUT2D eigenvalue weighted by Gasteiger charge is -2.11. The first kappa shape index (κ1) is 9.99. The van der Waals surface area contributed by atoms with Crippen LogP contribution in [-0.2, 0) is 0 Å². The first-order chi connectivity index (χ1) is 4.48. The Morgan fingerprint density at radius 2 is 2.10 bits per heavy atom. The van der Waals surface area contributed by atoms with Crippen LogP contribution in [-0.4, -0.2) is 13.6 Å². The molecule has 0 heterocycles. The second-order valence-corrected chi connectivity index (χ2v) is 8.68. The Labute approximate surface area is 69.6 Å². The zero-order valence-corrected chi connectivity index (χ0v) is 8.70. The minimum absolute atomic E-state index is 0.788. The highest BCUT2D eigenvalue weighted by Crippen LogP contribution is 2.07. The van der Waals surface area contributed by atoms with Crippen LogP contribution in [0.15, 0.2) is 23.9 Å². The van der Waals surface area contributed by atoms with E-state index in [0.29, 0.717) is 0 Å². The summed E-state index contributed by atoms with van der Waals surface area (Å²) < 4.78 is 0. The van der Waals surface area contributed by atoms with Crippen LogP contribution in [0.5, 0.6) is 0 Å². The maximum atomic E-state index is 5.76. The van der Waals surface area contributed by atoms with Gasteiger partial charge >= 0.3 is 0 Å². The van der Waals surface area contributed by atoms with Gasteiger partial charge in [-0.25, -0.2) is 0 Å². The molecule has 0 bridgehead atoms. The number of allylic oxidation sites excluding steroid dienone is 2. The Morgan fingerprint density at radius 3 is 2.40 bits per heavy atom. The summed E-state index contributed by atoms with van der Waals surface area (Å²) in [6.07, 6.45) is 2.06. The minimum atomic E-state index is -1.22. The fourth-order valence-electron chi connectivity index (χ4n) is 0.412. The Morgan fingerprint density at radius 1 is 1.60 bits per heavy atom. The van der Waals surface area contributed by atoms with Crippen LogP contribution in [0, 0.1) is 0 Å². The van der Waals surface area contributed by atoms with Gasteiger partial charge in [0.25, 0.3) is 0 Å². The highest BCUT2D eigenvalue weighted by atomic mass is 35.5. The molecule has 0 aliphatic heterocycles. The first-order valence-electron chi connectivity index (χ1n) is 3.39. The molecule has 0 nitrogen and oxygen atoms in total. The lowest BCUT2D eigenvalue weighted by molar-refractivity contribution is 1.56. The molecule has 0 aromatic heterocycles. The summed E-state index contributed by atoms with van der Waals surface area (Å²) >= 11 is 5.76. The molecular formula is C8H15ClSi. The molecule has 0 aromatic rings. The van der Waals surface area contributed by atoms with Crippen LogP contribution < -0.4 is 0 Å². The summed E-state index contributed by atoms with van der Waals surface area (Å²) in [6.45, 7) is 10.3. The smallest absolute Gasteiger partial charge is 0.0871 e. The molecule has 0 aliphatic carbocycles. The maximum Gasteiger partial charge on any atom is 0.0871 e. The van der Waals surface area contributed by atoms with E-state index in [2.05, 4.69) is 31.4 Å². The van der Waals surface area contributed by atoms with Gasteiger partial charge < -0.3 is 0 Å². The van der Waals surface area contributed by atoms with Gasteiger partial charge in [0, 0.05) is 5.50 Å². The zero-order valence-electron chi connectivity index (χ0n) is 6.95. The predicted molar refractivity (Wildman–Crippen MR) is 52.2 cm³/mol. The molecule has 0 aliphatic rings. The fraction of sp³-hybridized carbons (Fsp3) is 0.500. The maximum absolute atomic E-state index is 5.76. The normalized spacial score (nSPS) is 12.4. The molecule has 2 heteroatoms. The Kier molecular flexibility index (Phi) is 3.98. The van der Waals surface area contributed by atoms with E-state index in [9.17, 15) is 0 Å². The van der Waals surface area contributed by atoms with E-state index in [1.54, 1.807) is 0 Å². The van der Waals surface area contributed by atoms with E-state index < -0.39 is 8.07 Å². The van der Waals surface area contributed by atoms with Gasteiger partial charge in [0.1, 0.15) is 0 Å². The molecule has 0 spiro atoms. The molecule has 0 saturated heterocycles. The van der Waals surface area contributed by atoms with Gasteiger partial charge in [-0.2, -0.15) is 0 Å². The third kappa shape index (κ3) is 4.83. The number of hydrogen-bond acceptors (Lipinski definition) is 0. The first-order valence-corrected chi connectivity index (χ1v) is 7.20. The minimum Gasteiger partial charge on any atom is -0.130 e. The van der Waals surface area contributed by atoms with Crippen molar-refractivity contribution in [2.24, 2.45) is 0 Å². The van der Waals surface area contributed by atoms with Crippen LogP contribution in [0.3, 0.4) is 0 Å². The topological polar surface area (TPSA) is 0 Å². The fourth-order valence-corrected chi connectivity index (χ4v) is 1.50. The van der Waals surface area contributed by atoms with Crippen molar-refractivity contribution >= 4 is 19.7 Å². The predicted octanol–water partition coefficient (Wildman–Crippen LogP) is 3.14. The quantitative estimate of drug-likeness (QED) is 0.351. The van der Waals surface area contributed by atoms with Gasteiger partial charge in [0.2, 0.25) is 0 Å². The van der Waals surface area contributed by atoms with Crippen LogP contribution >= 0.6 is 11.6 Å². The monoisotopic (exact) mass is 174 g/mol. The van der Waals surface area contributed by atoms with E-state index in [-0.39, 0.29) is 0 Å². The Hall–Kier alpha value is -0.0131. The summed E-state index contributed by atoms with van der Waals surface area (Å²) in [5, 5.41) is 0. The molecule has 0 unspecified atom stereocenters. The Bertz CT molecular complexity index is 147. The van der Waals surface area contributed by atoms with Crippen LogP contribution in [0.25, 0.3) is 0 Å². The lowest BCUT2D eigenvalue weighted by Crippen LogP contribution is -2.25. The van der Waals surface area contributed by atoms with Gasteiger partial charge in [-0.05, 0) is 6.92 Å². The van der Waals surface area contributed by atoms with Gasteiger partial charge in [-0.1, -0.05) is 37.0 Å². The summed E-state index contributed by atoms with van der Waals surface area (Å²) in [6, 6.07) is 0. The van der Waals surface area contributed by atoms with Gasteiger partial charge in [-0.15, -0.1) is 11.6 Å². The SMILES string of the molecule is C=C(C)/C=C/[Si](C)(C)CCl. The summed E-state index contributed by atoms with van der Waals surface area (Å²) in [4.78, 5) is 0. The van der Waals surface area contributed by atoms with Crippen LogP contribution in [0.2, 0.25) is 13.1 Å². The third-order valence-electron chi connectivity index (χ3n) is 1.16. The standard InChI is InChI=1S/C8H15ClSi/c1-8(2)5-6-10(3,4)7-9/h5-6H,1,7H2,2-4H3/b6-5+. The second kappa shape index (κ2) is 3.99.